The summed E-state index contributed by atoms with van der Waals surface area (Å²) < 4.78 is 5.44. The van der Waals surface area contributed by atoms with E-state index in [0.29, 0.717) is 6.61 Å². The summed E-state index contributed by atoms with van der Waals surface area (Å²) in [5.41, 5.74) is 1.73. The monoisotopic (exact) mass is 352 g/mol. The summed E-state index contributed by atoms with van der Waals surface area (Å²) in [6.07, 6.45) is 1.61. The van der Waals surface area contributed by atoms with Crippen LogP contribution in [0.3, 0.4) is 0 Å². The number of hydrogen-bond acceptors (Lipinski definition) is 4. The number of carbonyl (C=O) groups excluding carboxylic acids is 1. The van der Waals surface area contributed by atoms with Crippen LogP contribution in [0.15, 0.2) is 60.7 Å². The van der Waals surface area contributed by atoms with Gasteiger partial charge in [-0.3, -0.25) is 4.79 Å². The van der Waals surface area contributed by atoms with Crippen LogP contribution in [-0.4, -0.2) is 43.7 Å². The molecule has 0 bridgehead atoms. The quantitative estimate of drug-likeness (QED) is 0.772. The van der Waals surface area contributed by atoms with Gasteiger partial charge >= 0.3 is 5.97 Å². The van der Waals surface area contributed by atoms with Gasteiger partial charge < -0.3 is 15.0 Å². The first kappa shape index (κ1) is 18.5. The highest BCUT2D eigenvalue weighted by molar-refractivity contribution is 5.83. The van der Waals surface area contributed by atoms with Gasteiger partial charge in [-0.15, -0.1) is 0 Å². The zero-order chi connectivity index (χ0) is 18.2. The zero-order valence-electron chi connectivity index (χ0n) is 15.5. The maximum absolute atomic E-state index is 12.8. The Morgan fingerprint density at radius 3 is 2.27 bits per heavy atom. The Morgan fingerprint density at radius 1 is 1.04 bits per heavy atom. The molecule has 1 heterocycles. The van der Waals surface area contributed by atoms with Crippen molar-refractivity contribution in [1.29, 1.82) is 0 Å². The van der Waals surface area contributed by atoms with Crippen molar-refractivity contribution in [2.75, 3.05) is 38.1 Å². The minimum Gasteiger partial charge on any atom is -0.465 e. The SMILES string of the molecule is CCOC(=O)C1(c2ccccc2)CCN(CCNc2ccccc2)CC1. The molecule has 0 radical (unpaired) electrons. The molecule has 4 nitrogen and oxygen atoms in total. The van der Waals surface area contributed by atoms with Crippen LogP contribution in [0, 0.1) is 0 Å². The third kappa shape index (κ3) is 4.25. The molecule has 3 rings (SSSR count). The molecular formula is C22H28N2O2. The van der Waals surface area contributed by atoms with E-state index in [1.54, 1.807) is 0 Å². The summed E-state index contributed by atoms with van der Waals surface area (Å²) in [7, 11) is 0. The van der Waals surface area contributed by atoms with Crippen molar-refractivity contribution in [3.63, 3.8) is 0 Å². The molecule has 1 N–H and O–H groups in total. The van der Waals surface area contributed by atoms with Crippen LogP contribution in [0.4, 0.5) is 5.69 Å². The molecule has 0 atom stereocenters. The Balaban J connectivity index is 1.59. The molecule has 26 heavy (non-hydrogen) atoms. The van der Waals surface area contributed by atoms with Gasteiger partial charge in [-0.2, -0.15) is 0 Å². The van der Waals surface area contributed by atoms with Crippen molar-refractivity contribution < 1.29 is 9.53 Å². The normalized spacial score (nSPS) is 16.8. The minimum atomic E-state index is -0.499. The highest BCUT2D eigenvalue weighted by Crippen LogP contribution is 2.36. The van der Waals surface area contributed by atoms with Crippen molar-refractivity contribution in [2.24, 2.45) is 0 Å². The van der Waals surface area contributed by atoms with Gasteiger partial charge in [0.15, 0.2) is 0 Å². The summed E-state index contributed by atoms with van der Waals surface area (Å²) in [6.45, 7) is 6.00. The van der Waals surface area contributed by atoms with Crippen molar-refractivity contribution in [1.82, 2.24) is 4.90 Å². The number of rotatable bonds is 7. The van der Waals surface area contributed by atoms with E-state index in [-0.39, 0.29) is 5.97 Å². The van der Waals surface area contributed by atoms with E-state index in [1.165, 1.54) is 0 Å². The number of ether oxygens (including phenoxy) is 1. The van der Waals surface area contributed by atoms with Gasteiger partial charge in [-0.05, 0) is 50.6 Å². The lowest BCUT2D eigenvalue weighted by Gasteiger charge is -2.40. The Kier molecular flexibility index (Phi) is 6.29. The highest BCUT2D eigenvalue weighted by Gasteiger charge is 2.43. The van der Waals surface area contributed by atoms with Gasteiger partial charge in [0.2, 0.25) is 0 Å². The minimum absolute atomic E-state index is 0.0757. The van der Waals surface area contributed by atoms with Crippen molar-refractivity contribution >= 4 is 11.7 Å². The van der Waals surface area contributed by atoms with Crippen LogP contribution in [0.5, 0.6) is 0 Å². The molecule has 0 amide bonds. The number of esters is 1. The van der Waals surface area contributed by atoms with Crippen LogP contribution in [0.25, 0.3) is 0 Å². The predicted molar refractivity (Wildman–Crippen MR) is 105 cm³/mol. The molecule has 0 spiro atoms. The average Bonchev–Trinajstić information content (AvgIpc) is 2.70. The Morgan fingerprint density at radius 2 is 1.65 bits per heavy atom. The second kappa shape index (κ2) is 8.86. The fraction of sp³-hybridized carbons (Fsp3) is 0.409. The lowest BCUT2D eigenvalue weighted by molar-refractivity contribution is -0.152. The molecule has 1 aliphatic rings. The second-order valence-corrected chi connectivity index (χ2v) is 6.80. The molecule has 1 aliphatic heterocycles. The van der Waals surface area contributed by atoms with Crippen molar-refractivity contribution in [3.8, 4) is 0 Å². The molecule has 1 saturated heterocycles. The molecular weight excluding hydrogens is 324 g/mol. The number of piperidine rings is 1. The van der Waals surface area contributed by atoms with Gasteiger partial charge in [-0.1, -0.05) is 48.5 Å². The lowest BCUT2D eigenvalue weighted by atomic mass is 9.72. The summed E-state index contributed by atoms with van der Waals surface area (Å²) in [5.74, 6) is -0.0757. The van der Waals surface area contributed by atoms with Crippen molar-refractivity contribution in [3.05, 3.63) is 66.2 Å². The van der Waals surface area contributed by atoms with Gasteiger partial charge in [0.05, 0.1) is 12.0 Å². The number of nitrogens with one attached hydrogen (secondary N) is 1. The number of anilines is 1. The highest BCUT2D eigenvalue weighted by atomic mass is 16.5. The number of carbonyl (C=O) groups is 1. The van der Waals surface area contributed by atoms with Crippen LogP contribution in [-0.2, 0) is 14.9 Å². The van der Waals surface area contributed by atoms with E-state index < -0.39 is 5.41 Å². The number of nitrogens with zero attached hydrogens (tertiary/aromatic N) is 1. The van der Waals surface area contributed by atoms with Crippen LogP contribution < -0.4 is 5.32 Å². The van der Waals surface area contributed by atoms with Crippen LogP contribution >= 0.6 is 0 Å². The van der Waals surface area contributed by atoms with E-state index in [1.807, 2.05) is 43.3 Å². The third-order valence-electron chi connectivity index (χ3n) is 5.23. The first-order valence-corrected chi connectivity index (χ1v) is 9.48. The summed E-state index contributed by atoms with van der Waals surface area (Å²) in [5, 5.41) is 3.45. The molecule has 1 fully saturated rings. The van der Waals surface area contributed by atoms with E-state index in [2.05, 4.69) is 34.5 Å². The van der Waals surface area contributed by atoms with Crippen LogP contribution in [0.1, 0.15) is 25.3 Å². The maximum atomic E-state index is 12.8. The standard InChI is InChI=1S/C22H28N2O2/c1-2-26-21(25)22(19-9-5-3-6-10-19)13-16-24(17-14-22)18-15-23-20-11-7-4-8-12-20/h3-12,23H,2,13-18H2,1H3. The number of para-hydroxylation sites is 1. The van der Waals surface area contributed by atoms with Crippen LogP contribution in [0.2, 0.25) is 0 Å². The Hall–Kier alpha value is -2.33. The number of hydrogen-bond donors (Lipinski definition) is 1. The molecule has 0 aliphatic carbocycles. The zero-order valence-corrected chi connectivity index (χ0v) is 15.5. The topological polar surface area (TPSA) is 41.6 Å². The van der Waals surface area contributed by atoms with Gasteiger partial charge in [0.1, 0.15) is 0 Å². The first-order chi connectivity index (χ1) is 12.7. The van der Waals surface area contributed by atoms with E-state index in [4.69, 9.17) is 4.74 Å². The molecule has 2 aromatic carbocycles. The summed E-state index contributed by atoms with van der Waals surface area (Å²) in [4.78, 5) is 15.2. The fourth-order valence-electron chi connectivity index (χ4n) is 3.71. The summed E-state index contributed by atoms with van der Waals surface area (Å²) >= 11 is 0. The molecule has 138 valence electrons. The Bertz CT molecular complexity index is 680. The van der Waals surface area contributed by atoms with Gasteiger partial charge in [0.25, 0.3) is 0 Å². The smallest absolute Gasteiger partial charge is 0.316 e. The largest absolute Gasteiger partial charge is 0.465 e. The van der Waals surface area contributed by atoms with E-state index in [0.717, 1.165) is 50.3 Å². The molecule has 0 saturated carbocycles. The number of benzene rings is 2. The molecule has 2 aromatic rings. The second-order valence-electron chi connectivity index (χ2n) is 6.80. The van der Waals surface area contributed by atoms with E-state index >= 15 is 0 Å². The average molecular weight is 352 g/mol. The lowest BCUT2D eigenvalue weighted by Crippen LogP contribution is -2.49. The summed E-state index contributed by atoms with van der Waals surface area (Å²) in [6, 6.07) is 20.4. The maximum Gasteiger partial charge on any atom is 0.316 e. The van der Waals surface area contributed by atoms with Crippen molar-refractivity contribution in [2.45, 2.75) is 25.2 Å². The predicted octanol–water partition coefficient (Wildman–Crippen LogP) is 3.70. The number of likely N-dealkylation sites (tertiary alicyclic amines) is 1. The molecule has 0 unspecified atom stereocenters. The fourth-order valence-corrected chi connectivity index (χ4v) is 3.71. The molecule has 0 aromatic heterocycles. The first-order valence-electron chi connectivity index (χ1n) is 9.48. The third-order valence-corrected chi connectivity index (χ3v) is 5.23. The van der Waals surface area contributed by atoms with E-state index in [9.17, 15) is 4.79 Å². The molecule has 4 heteroatoms. The Labute approximate surface area is 156 Å². The van der Waals surface area contributed by atoms with Gasteiger partial charge in [-0.25, -0.2) is 0 Å². The van der Waals surface area contributed by atoms with Gasteiger partial charge in [0, 0.05) is 18.8 Å².